The van der Waals surface area contributed by atoms with Gasteiger partial charge in [0.1, 0.15) is 17.1 Å². The zero-order chi connectivity index (χ0) is 12.4. The highest BCUT2D eigenvalue weighted by molar-refractivity contribution is 5.98. The predicted octanol–water partition coefficient (Wildman–Crippen LogP) is -0.0769. The highest BCUT2D eigenvalue weighted by Crippen LogP contribution is 2.17. The lowest BCUT2D eigenvalue weighted by Crippen LogP contribution is -2.18. The quantitative estimate of drug-likeness (QED) is 0.744. The fourth-order valence-corrected chi connectivity index (χ4v) is 1.43. The molecule has 0 fully saturated rings. The van der Waals surface area contributed by atoms with Crippen molar-refractivity contribution in [3.63, 3.8) is 0 Å². The zero-order valence-electron chi connectivity index (χ0n) is 9.08. The molecule has 2 aromatic rings. The Kier molecular flexibility index (Phi) is 2.65. The second-order valence-corrected chi connectivity index (χ2v) is 3.35. The Morgan fingerprint density at radius 1 is 1.29 bits per heavy atom. The molecule has 2 rings (SSSR count). The van der Waals surface area contributed by atoms with Gasteiger partial charge in [0.05, 0.1) is 11.9 Å². The van der Waals surface area contributed by atoms with Gasteiger partial charge in [-0.3, -0.25) is 9.78 Å². The first-order valence-corrected chi connectivity index (χ1v) is 4.80. The van der Waals surface area contributed by atoms with E-state index in [0.29, 0.717) is 17.2 Å². The van der Waals surface area contributed by atoms with Crippen LogP contribution in [0.5, 0.6) is 0 Å². The van der Waals surface area contributed by atoms with Crippen molar-refractivity contribution in [1.29, 1.82) is 0 Å². The van der Waals surface area contributed by atoms with Crippen LogP contribution < -0.4 is 11.5 Å². The average Bonchev–Trinajstić information content (AvgIpc) is 2.28. The average molecular weight is 230 g/mol. The predicted molar refractivity (Wildman–Crippen MR) is 60.7 cm³/mol. The van der Waals surface area contributed by atoms with Crippen molar-refractivity contribution in [1.82, 2.24) is 19.9 Å². The Morgan fingerprint density at radius 3 is 2.59 bits per heavy atom. The zero-order valence-corrected chi connectivity index (χ0v) is 9.08. The van der Waals surface area contributed by atoms with Crippen LogP contribution in [0.1, 0.15) is 16.1 Å². The van der Waals surface area contributed by atoms with E-state index in [1.165, 1.54) is 18.6 Å². The van der Waals surface area contributed by atoms with Gasteiger partial charge >= 0.3 is 0 Å². The first-order valence-electron chi connectivity index (χ1n) is 4.80. The van der Waals surface area contributed by atoms with E-state index in [0.717, 1.165) is 0 Å². The standard InChI is InChI=1S/C10H10N6O/c1-5-7(9(12)17)8(11)16-10(15-5)6-4-13-2-3-14-6/h2-4H,1H3,(H2,12,17)(H2,11,15,16). The molecule has 0 bridgehead atoms. The van der Waals surface area contributed by atoms with Gasteiger partial charge in [0.15, 0.2) is 5.82 Å². The summed E-state index contributed by atoms with van der Waals surface area (Å²) in [5.74, 6) is -0.283. The van der Waals surface area contributed by atoms with Crippen molar-refractivity contribution in [2.75, 3.05) is 5.73 Å². The highest BCUT2D eigenvalue weighted by Gasteiger charge is 2.15. The summed E-state index contributed by atoms with van der Waals surface area (Å²) in [6.45, 7) is 1.64. The molecule has 0 aliphatic carbocycles. The fourth-order valence-electron chi connectivity index (χ4n) is 1.43. The Morgan fingerprint density at radius 2 is 2.06 bits per heavy atom. The summed E-state index contributed by atoms with van der Waals surface area (Å²) < 4.78 is 0. The summed E-state index contributed by atoms with van der Waals surface area (Å²) in [4.78, 5) is 27.2. The molecule has 2 aromatic heterocycles. The minimum absolute atomic E-state index is 0.0469. The number of hydrogen-bond acceptors (Lipinski definition) is 6. The van der Waals surface area contributed by atoms with Crippen LogP contribution in [-0.2, 0) is 0 Å². The van der Waals surface area contributed by atoms with Crippen molar-refractivity contribution in [2.24, 2.45) is 5.73 Å². The number of aromatic nitrogens is 4. The number of carbonyl (C=O) groups excluding carboxylic acids is 1. The van der Waals surface area contributed by atoms with Crippen LogP contribution in [0, 0.1) is 6.92 Å². The molecular weight excluding hydrogens is 220 g/mol. The number of aryl methyl sites for hydroxylation is 1. The molecule has 0 atom stereocenters. The van der Waals surface area contributed by atoms with Crippen LogP contribution in [0.15, 0.2) is 18.6 Å². The largest absolute Gasteiger partial charge is 0.383 e. The van der Waals surface area contributed by atoms with Crippen LogP contribution in [0.2, 0.25) is 0 Å². The van der Waals surface area contributed by atoms with E-state index in [-0.39, 0.29) is 11.4 Å². The SMILES string of the molecule is Cc1nc(-c2cnccn2)nc(N)c1C(N)=O. The third kappa shape index (κ3) is 2.03. The Hall–Kier alpha value is -2.57. The van der Waals surface area contributed by atoms with Crippen LogP contribution in [0.4, 0.5) is 5.82 Å². The highest BCUT2D eigenvalue weighted by atomic mass is 16.1. The lowest BCUT2D eigenvalue weighted by atomic mass is 10.2. The van der Waals surface area contributed by atoms with E-state index in [2.05, 4.69) is 19.9 Å². The van der Waals surface area contributed by atoms with Gasteiger partial charge in [-0.1, -0.05) is 0 Å². The van der Waals surface area contributed by atoms with Gasteiger partial charge in [0, 0.05) is 12.4 Å². The van der Waals surface area contributed by atoms with E-state index in [4.69, 9.17) is 11.5 Å². The minimum atomic E-state index is -0.648. The van der Waals surface area contributed by atoms with Crippen molar-refractivity contribution >= 4 is 11.7 Å². The lowest BCUT2D eigenvalue weighted by molar-refractivity contribution is 0.1000. The van der Waals surface area contributed by atoms with E-state index < -0.39 is 5.91 Å². The Balaban J connectivity index is 2.57. The van der Waals surface area contributed by atoms with Gasteiger partial charge in [-0.2, -0.15) is 0 Å². The molecule has 17 heavy (non-hydrogen) atoms. The topological polar surface area (TPSA) is 121 Å². The van der Waals surface area contributed by atoms with Crippen molar-refractivity contribution in [3.05, 3.63) is 29.8 Å². The minimum Gasteiger partial charge on any atom is -0.383 e. The van der Waals surface area contributed by atoms with Crippen molar-refractivity contribution in [2.45, 2.75) is 6.92 Å². The maximum atomic E-state index is 11.1. The number of nitrogen functional groups attached to an aromatic ring is 1. The Bertz CT molecular complexity index is 545. The third-order valence-electron chi connectivity index (χ3n) is 2.16. The number of amides is 1. The molecule has 86 valence electrons. The van der Waals surface area contributed by atoms with Crippen LogP contribution in [-0.4, -0.2) is 25.8 Å². The molecule has 0 radical (unpaired) electrons. The summed E-state index contributed by atoms with van der Waals surface area (Å²) >= 11 is 0. The number of rotatable bonds is 2. The van der Waals surface area contributed by atoms with E-state index in [1.807, 2.05) is 0 Å². The van der Waals surface area contributed by atoms with E-state index in [9.17, 15) is 4.79 Å². The van der Waals surface area contributed by atoms with Gasteiger partial charge < -0.3 is 11.5 Å². The molecular formula is C10H10N6O. The molecule has 4 N–H and O–H groups in total. The van der Waals surface area contributed by atoms with Gasteiger partial charge in [-0.05, 0) is 6.92 Å². The second kappa shape index (κ2) is 4.12. The monoisotopic (exact) mass is 230 g/mol. The van der Waals surface area contributed by atoms with E-state index in [1.54, 1.807) is 6.92 Å². The molecule has 7 heteroatoms. The first-order chi connectivity index (χ1) is 8.09. The molecule has 0 aromatic carbocycles. The van der Waals surface area contributed by atoms with Crippen LogP contribution >= 0.6 is 0 Å². The summed E-state index contributed by atoms with van der Waals surface area (Å²) in [5.41, 5.74) is 11.9. The van der Waals surface area contributed by atoms with Crippen LogP contribution in [0.25, 0.3) is 11.5 Å². The molecule has 0 aliphatic heterocycles. The maximum absolute atomic E-state index is 11.1. The van der Waals surface area contributed by atoms with Crippen molar-refractivity contribution < 1.29 is 4.79 Å². The molecule has 0 saturated carbocycles. The molecule has 0 aliphatic rings. The Labute approximate surface area is 96.9 Å². The third-order valence-corrected chi connectivity index (χ3v) is 2.16. The van der Waals surface area contributed by atoms with Gasteiger partial charge in [0.2, 0.25) is 0 Å². The fraction of sp³-hybridized carbons (Fsp3) is 0.100. The number of carbonyl (C=O) groups is 1. The molecule has 1 amide bonds. The summed E-state index contributed by atoms with van der Waals surface area (Å²) in [5, 5.41) is 0. The summed E-state index contributed by atoms with van der Waals surface area (Å²) in [6, 6.07) is 0. The van der Waals surface area contributed by atoms with E-state index >= 15 is 0 Å². The molecule has 0 saturated heterocycles. The normalized spacial score (nSPS) is 10.2. The molecule has 7 nitrogen and oxygen atoms in total. The van der Waals surface area contributed by atoms with Gasteiger partial charge in [-0.25, -0.2) is 15.0 Å². The number of hydrogen-bond donors (Lipinski definition) is 2. The number of nitrogens with two attached hydrogens (primary N) is 2. The maximum Gasteiger partial charge on any atom is 0.254 e. The summed E-state index contributed by atoms with van der Waals surface area (Å²) in [6.07, 6.45) is 4.57. The van der Waals surface area contributed by atoms with Crippen LogP contribution in [0.3, 0.4) is 0 Å². The number of nitrogens with zero attached hydrogens (tertiary/aromatic N) is 4. The first kappa shape index (κ1) is 10.9. The molecule has 0 unspecified atom stereocenters. The van der Waals surface area contributed by atoms with Gasteiger partial charge in [0.25, 0.3) is 5.91 Å². The number of anilines is 1. The van der Waals surface area contributed by atoms with Gasteiger partial charge in [-0.15, -0.1) is 0 Å². The smallest absolute Gasteiger partial charge is 0.254 e. The van der Waals surface area contributed by atoms with Crippen molar-refractivity contribution in [3.8, 4) is 11.5 Å². The number of primary amides is 1. The molecule has 2 heterocycles. The molecule has 0 spiro atoms. The lowest BCUT2D eigenvalue weighted by Gasteiger charge is -2.06. The second-order valence-electron chi connectivity index (χ2n) is 3.35. The summed E-state index contributed by atoms with van der Waals surface area (Å²) in [7, 11) is 0.